The number of likely N-dealkylation sites (tertiary alicyclic amines) is 1. The van der Waals surface area contributed by atoms with Crippen LogP contribution in [-0.2, 0) is 4.79 Å². The summed E-state index contributed by atoms with van der Waals surface area (Å²) in [4.78, 5) is 21.2. The molecule has 0 unspecified atom stereocenters. The third-order valence-corrected chi connectivity index (χ3v) is 2.73. The quantitative estimate of drug-likeness (QED) is 0.549. The van der Waals surface area contributed by atoms with Gasteiger partial charge >= 0.3 is 5.97 Å². The lowest BCUT2D eigenvalue weighted by molar-refractivity contribution is -0.863. The summed E-state index contributed by atoms with van der Waals surface area (Å²) < 4.78 is -0.163. The monoisotopic (exact) mass is 187 g/mol. The van der Waals surface area contributed by atoms with Crippen molar-refractivity contribution in [3.63, 3.8) is 0 Å². The molecule has 1 rings (SSSR count). The molecule has 5 nitrogen and oxygen atoms in total. The molecule has 0 saturated carbocycles. The van der Waals surface area contributed by atoms with E-state index in [4.69, 9.17) is 5.11 Å². The number of quaternary nitrogens is 1. The number of piperidine rings is 1. The van der Waals surface area contributed by atoms with E-state index in [-0.39, 0.29) is 10.4 Å². The number of aliphatic carboxylic acids is 1. The fourth-order valence-corrected chi connectivity index (χ4v) is 1.57. The van der Waals surface area contributed by atoms with Crippen molar-refractivity contribution in [3.8, 4) is 0 Å². The Morgan fingerprint density at radius 1 is 1.38 bits per heavy atom. The highest BCUT2D eigenvalue weighted by atomic mass is 16.4. The van der Waals surface area contributed by atoms with Crippen LogP contribution in [0.3, 0.4) is 0 Å². The zero-order valence-electron chi connectivity index (χ0n) is 7.52. The minimum absolute atomic E-state index is 0.163. The van der Waals surface area contributed by atoms with Crippen LogP contribution >= 0.6 is 0 Å². The molecular weight excluding hydrogens is 174 g/mol. The molecule has 1 amide bonds. The summed E-state index contributed by atoms with van der Waals surface area (Å²) in [5.41, 5.74) is 0. The van der Waals surface area contributed by atoms with Crippen molar-refractivity contribution < 1.29 is 24.3 Å². The zero-order chi connectivity index (χ0) is 10.1. The van der Waals surface area contributed by atoms with Gasteiger partial charge in [0.25, 0.3) is 6.09 Å². The molecule has 1 N–H and O–H groups in total. The van der Waals surface area contributed by atoms with Crippen molar-refractivity contribution in [1.29, 1.82) is 0 Å². The number of hydrogen-bond acceptors (Lipinski definition) is 3. The van der Waals surface area contributed by atoms with E-state index in [1.54, 1.807) is 7.05 Å². The summed E-state index contributed by atoms with van der Waals surface area (Å²) in [6, 6.07) is 0. The Labute approximate surface area is 76.2 Å². The maximum atomic E-state index is 10.7. The third kappa shape index (κ3) is 1.98. The molecule has 0 radical (unpaired) electrons. The molecule has 0 atom stereocenters. The predicted molar refractivity (Wildman–Crippen MR) is 41.7 cm³/mol. The van der Waals surface area contributed by atoms with Crippen LogP contribution in [0.2, 0.25) is 0 Å². The number of hydrogen-bond donors (Lipinski definition) is 1. The lowest BCUT2D eigenvalue weighted by atomic mass is 9.96. The van der Waals surface area contributed by atoms with Crippen LogP contribution in [0.5, 0.6) is 0 Å². The van der Waals surface area contributed by atoms with Gasteiger partial charge in [0.15, 0.2) is 0 Å². The van der Waals surface area contributed by atoms with Crippen LogP contribution in [0.25, 0.3) is 0 Å². The second kappa shape index (κ2) is 3.33. The SMILES string of the molecule is C[N+]1(C(=O)[O-])CCC(C(=O)O)CC1. The van der Waals surface area contributed by atoms with Crippen LogP contribution in [0.15, 0.2) is 0 Å². The minimum atomic E-state index is -1.12. The van der Waals surface area contributed by atoms with E-state index in [0.717, 1.165) is 0 Å². The normalized spacial score (nSPS) is 34.1. The van der Waals surface area contributed by atoms with Gasteiger partial charge in [-0.05, 0) is 0 Å². The Hall–Kier alpha value is -1.10. The molecule has 1 aliphatic rings. The molecule has 0 aromatic rings. The van der Waals surface area contributed by atoms with E-state index in [0.29, 0.717) is 25.9 Å². The van der Waals surface area contributed by atoms with Crippen molar-refractivity contribution in [3.05, 3.63) is 0 Å². The predicted octanol–water partition coefficient (Wildman–Crippen LogP) is -0.729. The third-order valence-electron chi connectivity index (χ3n) is 2.73. The highest BCUT2D eigenvalue weighted by Gasteiger charge is 2.34. The van der Waals surface area contributed by atoms with Crippen molar-refractivity contribution in [1.82, 2.24) is 0 Å². The Morgan fingerprint density at radius 3 is 2.15 bits per heavy atom. The highest BCUT2D eigenvalue weighted by Crippen LogP contribution is 2.21. The molecule has 0 spiro atoms. The molecule has 0 bridgehead atoms. The van der Waals surface area contributed by atoms with Crippen LogP contribution in [0, 0.1) is 5.92 Å². The van der Waals surface area contributed by atoms with Crippen LogP contribution < -0.4 is 5.11 Å². The van der Waals surface area contributed by atoms with E-state index < -0.39 is 12.1 Å². The van der Waals surface area contributed by atoms with Gasteiger partial charge in [0.1, 0.15) is 0 Å². The van der Waals surface area contributed by atoms with Gasteiger partial charge in [0, 0.05) is 12.8 Å². The fourth-order valence-electron chi connectivity index (χ4n) is 1.57. The van der Waals surface area contributed by atoms with E-state index in [1.807, 2.05) is 0 Å². The van der Waals surface area contributed by atoms with E-state index in [9.17, 15) is 14.7 Å². The maximum Gasteiger partial charge on any atom is 0.306 e. The first-order chi connectivity index (χ1) is 5.96. The topological polar surface area (TPSA) is 77.4 Å². The molecule has 0 aliphatic carbocycles. The molecule has 13 heavy (non-hydrogen) atoms. The maximum absolute atomic E-state index is 10.7. The number of carbonyl (C=O) groups is 2. The molecule has 0 aromatic heterocycles. The molecule has 1 saturated heterocycles. The number of carboxylic acid groups (broad SMARTS) is 2. The first-order valence-corrected chi connectivity index (χ1v) is 4.24. The highest BCUT2D eigenvalue weighted by molar-refractivity contribution is 5.70. The van der Waals surface area contributed by atoms with Crippen LogP contribution in [0.1, 0.15) is 12.8 Å². The smallest absolute Gasteiger partial charge is 0.306 e. The average Bonchev–Trinajstić information content (AvgIpc) is 2.04. The van der Waals surface area contributed by atoms with E-state index in [2.05, 4.69) is 0 Å². The second-order valence-corrected chi connectivity index (χ2v) is 3.72. The zero-order valence-corrected chi connectivity index (χ0v) is 7.52. The van der Waals surface area contributed by atoms with Crippen LogP contribution in [0.4, 0.5) is 4.79 Å². The molecule has 5 heteroatoms. The van der Waals surface area contributed by atoms with Gasteiger partial charge in [-0.15, -0.1) is 0 Å². The fraction of sp³-hybridized carbons (Fsp3) is 0.750. The summed E-state index contributed by atoms with van der Waals surface area (Å²) >= 11 is 0. The summed E-state index contributed by atoms with van der Waals surface area (Å²) in [7, 11) is 1.56. The number of amides is 1. The molecule has 1 aliphatic heterocycles. The van der Waals surface area contributed by atoms with Gasteiger partial charge in [-0.3, -0.25) is 9.28 Å². The Morgan fingerprint density at radius 2 is 1.85 bits per heavy atom. The minimum Gasteiger partial charge on any atom is -0.498 e. The first kappa shape index (κ1) is 9.98. The molecule has 0 aromatic carbocycles. The van der Waals surface area contributed by atoms with Gasteiger partial charge in [-0.1, -0.05) is 0 Å². The number of rotatable bonds is 1. The average molecular weight is 187 g/mol. The van der Waals surface area contributed by atoms with Gasteiger partial charge < -0.3 is 15.0 Å². The summed E-state index contributed by atoms with van der Waals surface area (Å²) in [6.45, 7) is 0.693. The Balaban J connectivity index is 2.56. The first-order valence-electron chi connectivity index (χ1n) is 4.24. The van der Waals surface area contributed by atoms with Crippen molar-refractivity contribution >= 4 is 12.1 Å². The number of carboxylic acids is 1. The summed E-state index contributed by atoms with van der Waals surface area (Å²) in [5.74, 6) is -1.21. The number of carbonyl (C=O) groups excluding carboxylic acids is 1. The van der Waals surface area contributed by atoms with Crippen molar-refractivity contribution in [2.24, 2.45) is 5.92 Å². The van der Waals surface area contributed by atoms with E-state index in [1.165, 1.54) is 0 Å². The molecule has 1 heterocycles. The van der Waals surface area contributed by atoms with Gasteiger partial charge in [0.2, 0.25) is 0 Å². The molecule has 1 fully saturated rings. The lowest BCUT2D eigenvalue weighted by Crippen LogP contribution is -2.59. The number of nitrogens with zero attached hydrogens (tertiary/aromatic N) is 1. The Bertz CT molecular complexity index is 230. The van der Waals surface area contributed by atoms with E-state index >= 15 is 0 Å². The Kier molecular flexibility index (Phi) is 2.56. The van der Waals surface area contributed by atoms with Crippen molar-refractivity contribution in [2.45, 2.75) is 12.8 Å². The molecule has 74 valence electrons. The summed E-state index contributed by atoms with van der Waals surface area (Å²) in [5, 5.41) is 19.3. The standard InChI is InChI=1S/C8H13NO4/c1-9(8(12)13)4-2-6(3-5-9)7(10)11/h6H,2-5H2,1H3,(H-,10,11,12,13). The molecular formula is C8H13NO4. The van der Waals surface area contributed by atoms with Gasteiger partial charge in [-0.25, -0.2) is 0 Å². The van der Waals surface area contributed by atoms with Gasteiger partial charge in [0.05, 0.1) is 26.1 Å². The second-order valence-electron chi connectivity index (χ2n) is 3.72. The van der Waals surface area contributed by atoms with Gasteiger partial charge in [-0.2, -0.15) is 0 Å². The lowest BCUT2D eigenvalue weighted by Gasteiger charge is -2.38. The van der Waals surface area contributed by atoms with Crippen molar-refractivity contribution in [2.75, 3.05) is 20.1 Å². The van der Waals surface area contributed by atoms with Crippen LogP contribution in [-0.4, -0.2) is 41.8 Å². The summed E-state index contributed by atoms with van der Waals surface area (Å²) in [6.07, 6.45) is -0.288. The largest absolute Gasteiger partial charge is 0.498 e.